The number of nitrogens with zero attached hydrogens (tertiary/aromatic N) is 1. The van der Waals surface area contributed by atoms with Crippen molar-refractivity contribution < 1.29 is 26.7 Å². The second kappa shape index (κ2) is 5.92. The van der Waals surface area contributed by atoms with Crippen molar-refractivity contribution in [1.29, 1.82) is 0 Å². The summed E-state index contributed by atoms with van der Waals surface area (Å²) < 4.78 is 66.5. The molecule has 1 aromatic rings. The number of fused-ring (bicyclic) bond motifs is 1. The van der Waals surface area contributed by atoms with Crippen LogP contribution in [0, 0.1) is 11.8 Å². The van der Waals surface area contributed by atoms with Gasteiger partial charge in [0.1, 0.15) is 6.54 Å². The maximum Gasteiger partial charge on any atom is 0.402 e. The average molecular weight is 390 g/mol. The van der Waals surface area contributed by atoms with Gasteiger partial charge in [0, 0.05) is 6.54 Å². The van der Waals surface area contributed by atoms with Crippen molar-refractivity contribution in [3.05, 3.63) is 34.9 Å². The summed E-state index contributed by atoms with van der Waals surface area (Å²) in [6, 6.07) is 5.73. The Balaban J connectivity index is 1.68. The lowest BCUT2D eigenvalue weighted by Crippen LogP contribution is -2.52. The van der Waals surface area contributed by atoms with Crippen molar-refractivity contribution >= 4 is 10.2 Å². The van der Waals surface area contributed by atoms with Crippen LogP contribution in [-0.4, -0.2) is 42.6 Å². The summed E-state index contributed by atoms with van der Waals surface area (Å²) in [5.41, 5.74) is 2.11. The molecule has 9 heteroatoms. The molecule has 2 aliphatic carbocycles. The highest BCUT2D eigenvalue weighted by Crippen LogP contribution is 2.50. The quantitative estimate of drug-likeness (QED) is 0.809. The maximum atomic E-state index is 12.8. The Bertz CT molecular complexity index is 827. The summed E-state index contributed by atoms with van der Waals surface area (Å²) in [4.78, 5) is 0. The Kier molecular flexibility index (Phi) is 4.15. The molecule has 1 saturated heterocycles. The molecule has 144 valence electrons. The molecule has 26 heavy (non-hydrogen) atoms. The van der Waals surface area contributed by atoms with E-state index in [0.717, 1.165) is 29.5 Å². The van der Waals surface area contributed by atoms with E-state index in [9.17, 15) is 26.7 Å². The molecule has 2 bridgehead atoms. The minimum Gasteiger partial charge on any atom is -0.392 e. The van der Waals surface area contributed by atoms with Crippen LogP contribution in [0.4, 0.5) is 13.2 Å². The van der Waals surface area contributed by atoms with E-state index in [-0.39, 0.29) is 25.0 Å². The molecule has 1 aromatic carbocycles. The minimum absolute atomic E-state index is 0.0262. The standard InChI is InChI=1S/C17H21F3N2O3S/c18-17(19,20)10-22-9-16(21-26(22,24)25)14-3-4-15(16)7-13-5-11(8-23)1-2-12(13)6-14/h1-2,5,14-15,21,23H,3-4,6-10H2/t14-,15+,16+/m0/s1. The fourth-order valence-corrected chi connectivity index (χ4v) is 6.70. The lowest BCUT2D eigenvalue weighted by atomic mass is 9.79. The summed E-state index contributed by atoms with van der Waals surface area (Å²) in [7, 11) is -4.15. The highest BCUT2D eigenvalue weighted by molar-refractivity contribution is 7.87. The Morgan fingerprint density at radius 3 is 2.46 bits per heavy atom. The molecule has 0 amide bonds. The van der Waals surface area contributed by atoms with Crippen LogP contribution in [-0.2, 0) is 29.7 Å². The van der Waals surface area contributed by atoms with Crippen LogP contribution in [0.15, 0.2) is 18.2 Å². The van der Waals surface area contributed by atoms with Gasteiger partial charge >= 0.3 is 6.18 Å². The van der Waals surface area contributed by atoms with E-state index in [0.29, 0.717) is 17.1 Å². The summed E-state index contributed by atoms with van der Waals surface area (Å²) in [6.07, 6.45) is -1.73. The predicted octanol–water partition coefficient (Wildman–Crippen LogP) is 1.75. The second-order valence-corrected chi connectivity index (χ2v) is 9.34. The molecule has 0 radical (unpaired) electrons. The zero-order chi connectivity index (χ0) is 18.7. The van der Waals surface area contributed by atoms with E-state index in [1.54, 1.807) is 0 Å². The molecule has 1 spiro atoms. The Hall–Kier alpha value is -1.16. The lowest BCUT2D eigenvalue weighted by Gasteiger charge is -2.33. The topological polar surface area (TPSA) is 69.6 Å². The van der Waals surface area contributed by atoms with Gasteiger partial charge < -0.3 is 5.11 Å². The van der Waals surface area contributed by atoms with Gasteiger partial charge in [0.2, 0.25) is 0 Å². The molecule has 3 atom stereocenters. The van der Waals surface area contributed by atoms with Gasteiger partial charge in [0.25, 0.3) is 10.2 Å². The summed E-state index contributed by atoms with van der Waals surface area (Å²) in [5.74, 6) is -0.0718. The van der Waals surface area contributed by atoms with Gasteiger partial charge in [-0.15, -0.1) is 0 Å². The molecule has 0 unspecified atom stereocenters. The first-order valence-electron chi connectivity index (χ1n) is 8.70. The highest BCUT2D eigenvalue weighted by atomic mass is 32.2. The number of aliphatic hydroxyl groups is 1. The third-order valence-corrected chi connectivity index (χ3v) is 7.74. The van der Waals surface area contributed by atoms with Crippen LogP contribution < -0.4 is 4.72 Å². The monoisotopic (exact) mass is 390 g/mol. The lowest BCUT2D eigenvalue weighted by molar-refractivity contribution is -0.136. The Morgan fingerprint density at radius 2 is 1.85 bits per heavy atom. The van der Waals surface area contributed by atoms with Crippen molar-refractivity contribution in [2.75, 3.05) is 13.1 Å². The van der Waals surface area contributed by atoms with E-state index in [1.165, 1.54) is 0 Å². The van der Waals surface area contributed by atoms with Crippen LogP contribution in [0.2, 0.25) is 0 Å². The molecule has 5 nitrogen and oxygen atoms in total. The predicted molar refractivity (Wildman–Crippen MR) is 88.4 cm³/mol. The van der Waals surface area contributed by atoms with Gasteiger partial charge in [0.15, 0.2) is 0 Å². The van der Waals surface area contributed by atoms with E-state index in [1.807, 2.05) is 18.2 Å². The molecule has 2 fully saturated rings. The van der Waals surface area contributed by atoms with E-state index >= 15 is 0 Å². The third-order valence-electron chi connectivity index (χ3n) is 6.16. The Morgan fingerprint density at radius 1 is 1.19 bits per heavy atom. The van der Waals surface area contributed by atoms with Gasteiger partial charge in [-0.05, 0) is 54.2 Å². The third kappa shape index (κ3) is 2.94. The van der Waals surface area contributed by atoms with Gasteiger partial charge in [-0.3, -0.25) is 0 Å². The number of benzene rings is 1. The second-order valence-electron chi connectivity index (χ2n) is 7.67. The van der Waals surface area contributed by atoms with Crippen LogP contribution in [0.1, 0.15) is 29.5 Å². The fraction of sp³-hybridized carbons (Fsp3) is 0.647. The molecule has 1 aliphatic heterocycles. The number of nitrogens with one attached hydrogen (secondary N) is 1. The van der Waals surface area contributed by atoms with Crippen LogP contribution in [0.3, 0.4) is 0 Å². The molecule has 0 aromatic heterocycles. The molecule has 1 heterocycles. The van der Waals surface area contributed by atoms with Gasteiger partial charge in [-0.25, -0.2) is 0 Å². The normalized spacial score (nSPS) is 33.4. The van der Waals surface area contributed by atoms with Crippen molar-refractivity contribution in [2.24, 2.45) is 11.8 Å². The zero-order valence-corrected chi connectivity index (χ0v) is 14.9. The van der Waals surface area contributed by atoms with Crippen molar-refractivity contribution in [1.82, 2.24) is 9.03 Å². The molecular weight excluding hydrogens is 369 g/mol. The van der Waals surface area contributed by atoms with Crippen LogP contribution in [0.25, 0.3) is 0 Å². The first kappa shape index (κ1) is 18.2. The van der Waals surface area contributed by atoms with Crippen molar-refractivity contribution in [3.63, 3.8) is 0 Å². The Labute approximate surface area is 150 Å². The molecular formula is C17H21F3N2O3S. The van der Waals surface area contributed by atoms with Crippen LogP contribution in [0.5, 0.6) is 0 Å². The number of halogens is 3. The molecule has 1 saturated carbocycles. The first-order valence-corrected chi connectivity index (χ1v) is 10.1. The summed E-state index contributed by atoms with van der Waals surface area (Å²) >= 11 is 0. The molecule has 3 aliphatic rings. The summed E-state index contributed by atoms with van der Waals surface area (Å²) in [6.45, 7) is -1.66. The number of hydrogen-bond donors (Lipinski definition) is 2. The maximum absolute atomic E-state index is 12.8. The van der Waals surface area contributed by atoms with Crippen molar-refractivity contribution in [3.8, 4) is 0 Å². The largest absolute Gasteiger partial charge is 0.402 e. The minimum atomic E-state index is -4.57. The number of aliphatic hydroxyl groups excluding tert-OH is 1. The van der Waals surface area contributed by atoms with Crippen LogP contribution >= 0.6 is 0 Å². The SMILES string of the molecule is O=S1(=O)N[C@@]2(CN1CC(F)(F)F)[C@@H]1CC[C@H]2Cc2ccc(CO)cc2C1. The van der Waals surface area contributed by atoms with Gasteiger partial charge in [-0.1, -0.05) is 18.2 Å². The molecule has 2 N–H and O–H groups in total. The number of alkyl halides is 3. The van der Waals surface area contributed by atoms with Gasteiger partial charge in [0.05, 0.1) is 12.1 Å². The molecule has 4 rings (SSSR count). The van der Waals surface area contributed by atoms with E-state index in [2.05, 4.69) is 4.72 Å². The first-order chi connectivity index (χ1) is 12.1. The van der Waals surface area contributed by atoms with E-state index < -0.39 is 28.5 Å². The number of rotatable bonds is 2. The smallest absolute Gasteiger partial charge is 0.392 e. The fourth-order valence-electron chi connectivity index (χ4n) is 5.00. The summed E-state index contributed by atoms with van der Waals surface area (Å²) in [5, 5.41) is 9.35. The number of hydrogen-bond acceptors (Lipinski definition) is 3. The van der Waals surface area contributed by atoms with Crippen molar-refractivity contribution in [2.45, 2.75) is 44.0 Å². The average Bonchev–Trinajstić information content (AvgIpc) is 2.91. The van der Waals surface area contributed by atoms with Gasteiger partial charge in [-0.2, -0.15) is 30.6 Å². The highest BCUT2D eigenvalue weighted by Gasteiger charge is 2.60. The van der Waals surface area contributed by atoms with E-state index in [4.69, 9.17) is 0 Å². The zero-order valence-electron chi connectivity index (χ0n) is 14.1.